The van der Waals surface area contributed by atoms with Crippen LogP contribution in [0.15, 0.2) is 48.5 Å². The monoisotopic (exact) mass is 500 g/mol. The van der Waals surface area contributed by atoms with Crippen molar-refractivity contribution in [2.75, 3.05) is 38.0 Å². The van der Waals surface area contributed by atoms with Crippen molar-refractivity contribution in [1.29, 1.82) is 0 Å². The second kappa shape index (κ2) is 7.58. The van der Waals surface area contributed by atoms with E-state index in [-0.39, 0.29) is 34.1 Å². The van der Waals surface area contributed by atoms with Crippen molar-refractivity contribution in [2.24, 2.45) is 0 Å². The molecule has 4 heteroatoms. The Kier molecular flexibility index (Phi) is 6.06. The van der Waals surface area contributed by atoms with E-state index in [1.807, 2.05) is 0 Å². The van der Waals surface area contributed by atoms with Crippen LogP contribution in [0, 0.1) is 0 Å². The van der Waals surface area contributed by atoms with Crippen molar-refractivity contribution in [3.8, 4) is 0 Å². The number of para-hydroxylation sites is 1. The van der Waals surface area contributed by atoms with Gasteiger partial charge in [-0.25, -0.2) is 0 Å². The van der Waals surface area contributed by atoms with Crippen LogP contribution in [0.1, 0.15) is 0 Å². The van der Waals surface area contributed by atoms with Crippen molar-refractivity contribution in [3.05, 3.63) is 48.5 Å². The quantitative estimate of drug-likeness (QED) is 0.574. The van der Waals surface area contributed by atoms with E-state index < -0.39 is 0 Å². The summed E-state index contributed by atoms with van der Waals surface area (Å²) in [5, 5.41) is 0. The first-order chi connectivity index (χ1) is 9.58. The van der Waals surface area contributed by atoms with Gasteiger partial charge in [0.15, 0.2) is 0 Å². The average molecular weight is 496 g/mol. The third kappa shape index (κ3) is 4.31. The standard InChI is InChI=1S/C16H20N2Te2/c1-17(2)13-9-11-14(12-10-13)19-20-16-8-6-5-7-15(16)18(3)4/h5-12H,1-4H3. The molecule has 106 valence electrons. The molecule has 2 rings (SSSR count). The minimum atomic E-state index is -0.0521. The fourth-order valence-corrected chi connectivity index (χ4v) is 12.8. The van der Waals surface area contributed by atoms with Crippen LogP contribution < -0.4 is 17.0 Å². The van der Waals surface area contributed by atoms with Gasteiger partial charge < -0.3 is 0 Å². The summed E-state index contributed by atoms with van der Waals surface area (Å²) >= 11 is -0.0857. The van der Waals surface area contributed by atoms with Gasteiger partial charge in [0.1, 0.15) is 0 Å². The van der Waals surface area contributed by atoms with Gasteiger partial charge in [0.2, 0.25) is 0 Å². The van der Waals surface area contributed by atoms with Gasteiger partial charge in [-0.15, -0.1) is 0 Å². The van der Waals surface area contributed by atoms with E-state index in [0.717, 1.165) is 0 Å². The Morgan fingerprint density at radius 1 is 0.700 bits per heavy atom. The molecule has 20 heavy (non-hydrogen) atoms. The summed E-state index contributed by atoms with van der Waals surface area (Å²) in [6.07, 6.45) is 0. The van der Waals surface area contributed by atoms with Crippen LogP contribution in [-0.4, -0.2) is 62.3 Å². The molecule has 2 aromatic rings. The van der Waals surface area contributed by atoms with Crippen molar-refractivity contribution >= 4 is 52.7 Å². The molecule has 0 unspecified atom stereocenters. The summed E-state index contributed by atoms with van der Waals surface area (Å²) in [6, 6.07) is 18.0. The van der Waals surface area contributed by atoms with Crippen LogP contribution in [0.3, 0.4) is 0 Å². The van der Waals surface area contributed by atoms with Crippen LogP contribution in [0.2, 0.25) is 0 Å². The van der Waals surface area contributed by atoms with E-state index in [0.29, 0.717) is 0 Å². The van der Waals surface area contributed by atoms with Crippen molar-refractivity contribution in [3.63, 3.8) is 0 Å². The Bertz CT molecular complexity index is 551. The molecule has 0 aliphatic rings. The van der Waals surface area contributed by atoms with Gasteiger partial charge in [0, 0.05) is 0 Å². The second-order valence-electron chi connectivity index (χ2n) is 4.92. The Balaban J connectivity index is 2.05. The summed E-state index contributed by atoms with van der Waals surface area (Å²) < 4.78 is 3.18. The molecule has 0 saturated heterocycles. The normalized spacial score (nSPS) is 10.4. The van der Waals surface area contributed by atoms with Crippen LogP contribution in [0.4, 0.5) is 11.4 Å². The SMILES string of the molecule is CN(C)c1ccc([Te][Te]c2ccccc2N(C)C)cc1. The fraction of sp³-hybridized carbons (Fsp3) is 0.250. The number of hydrogen-bond donors (Lipinski definition) is 0. The molecule has 0 radical (unpaired) electrons. The summed E-state index contributed by atoms with van der Waals surface area (Å²) in [4.78, 5) is 4.39. The summed E-state index contributed by atoms with van der Waals surface area (Å²) in [5.74, 6) is 0. The first-order valence-corrected chi connectivity index (χ1v) is 16.1. The maximum atomic E-state index is 2.32. The van der Waals surface area contributed by atoms with Gasteiger partial charge in [-0.3, -0.25) is 0 Å². The number of hydrogen-bond acceptors (Lipinski definition) is 2. The van der Waals surface area contributed by atoms with Crippen LogP contribution >= 0.6 is 0 Å². The van der Waals surface area contributed by atoms with E-state index in [4.69, 9.17) is 0 Å². The maximum absolute atomic E-state index is 2.32. The molecule has 0 spiro atoms. The number of benzene rings is 2. The zero-order valence-corrected chi connectivity index (χ0v) is 17.0. The topological polar surface area (TPSA) is 6.48 Å². The third-order valence-corrected chi connectivity index (χ3v) is 14.7. The van der Waals surface area contributed by atoms with E-state index in [1.165, 1.54) is 11.4 Å². The molecule has 0 aromatic heterocycles. The number of anilines is 2. The van der Waals surface area contributed by atoms with Crippen LogP contribution in [-0.2, 0) is 0 Å². The van der Waals surface area contributed by atoms with Gasteiger partial charge in [0.25, 0.3) is 0 Å². The first-order valence-electron chi connectivity index (χ1n) is 6.46. The number of rotatable bonds is 5. The van der Waals surface area contributed by atoms with Gasteiger partial charge >= 0.3 is 139 Å². The molecule has 0 amide bonds. The molecule has 2 nitrogen and oxygen atoms in total. The van der Waals surface area contributed by atoms with Crippen molar-refractivity contribution in [1.82, 2.24) is 0 Å². The molecule has 0 aliphatic carbocycles. The fourth-order valence-electron chi connectivity index (χ4n) is 1.79. The van der Waals surface area contributed by atoms with Crippen molar-refractivity contribution in [2.45, 2.75) is 0 Å². The zero-order chi connectivity index (χ0) is 14.5. The Hall–Kier alpha value is -0.381. The third-order valence-electron chi connectivity index (χ3n) is 2.93. The van der Waals surface area contributed by atoms with Gasteiger partial charge in [0.05, 0.1) is 0 Å². The molecule has 0 aliphatic heterocycles. The van der Waals surface area contributed by atoms with E-state index in [1.54, 1.807) is 7.22 Å². The first kappa shape index (κ1) is 16.0. The van der Waals surface area contributed by atoms with Crippen LogP contribution in [0.25, 0.3) is 0 Å². The molecule has 0 saturated carbocycles. The predicted octanol–water partition coefficient (Wildman–Crippen LogP) is 1.09. The summed E-state index contributed by atoms with van der Waals surface area (Å²) in [6.45, 7) is 0. The zero-order valence-electron chi connectivity index (χ0n) is 12.3. The Morgan fingerprint density at radius 2 is 1.35 bits per heavy atom. The molecule has 2 aromatic carbocycles. The average Bonchev–Trinajstić information content (AvgIpc) is 2.45. The van der Waals surface area contributed by atoms with Gasteiger partial charge in [-0.2, -0.15) is 0 Å². The van der Waals surface area contributed by atoms with Crippen LogP contribution in [0.5, 0.6) is 0 Å². The van der Waals surface area contributed by atoms with Gasteiger partial charge in [-0.05, 0) is 0 Å². The molecule has 0 atom stereocenters. The molecule has 0 N–H and O–H groups in total. The summed E-state index contributed by atoms with van der Waals surface area (Å²) in [7, 11) is 8.46. The van der Waals surface area contributed by atoms with Crippen molar-refractivity contribution < 1.29 is 0 Å². The molecular weight excluding hydrogens is 475 g/mol. The Morgan fingerprint density at radius 3 is 1.95 bits per heavy atom. The van der Waals surface area contributed by atoms with E-state index in [2.05, 4.69) is 86.5 Å². The molecular formula is C16H20N2Te2. The Labute approximate surface area is 138 Å². The minimum absolute atomic E-state index is 0.0336. The number of nitrogens with zero attached hydrogens (tertiary/aromatic N) is 2. The second-order valence-corrected chi connectivity index (χ2v) is 14.9. The molecule has 0 heterocycles. The molecule has 0 fully saturated rings. The summed E-state index contributed by atoms with van der Waals surface area (Å²) in [5.41, 5.74) is 2.69. The molecule has 0 bridgehead atoms. The predicted molar refractivity (Wildman–Crippen MR) is 92.3 cm³/mol. The van der Waals surface area contributed by atoms with E-state index >= 15 is 0 Å². The van der Waals surface area contributed by atoms with Gasteiger partial charge in [-0.1, -0.05) is 0 Å². The van der Waals surface area contributed by atoms with E-state index in [9.17, 15) is 0 Å².